The highest BCUT2D eigenvalue weighted by atomic mass is 16.5. The van der Waals surface area contributed by atoms with Crippen molar-refractivity contribution >= 4 is 16.8 Å². The number of fused-ring (bicyclic) bond motifs is 1. The third kappa shape index (κ3) is 2.87. The van der Waals surface area contributed by atoms with Gasteiger partial charge in [-0.25, -0.2) is 0 Å². The molecule has 7 nitrogen and oxygen atoms in total. The molecule has 0 fully saturated rings. The summed E-state index contributed by atoms with van der Waals surface area (Å²) in [5, 5.41) is 7.79. The van der Waals surface area contributed by atoms with E-state index in [9.17, 15) is 4.79 Å². The number of aromatic nitrogens is 4. The number of aromatic amines is 1. The van der Waals surface area contributed by atoms with Gasteiger partial charge in [0.25, 0.3) is 5.91 Å². The van der Waals surface area contributed by atoms with Crippen LogP contribution in [0.25, 0.3) is 22.4 Å². The number of H-pyrrole nitrogens is 1. The van der Waals surface area contributed by atoms with E-state index in [0.717, 1.165) is 10.9 Å². The van der Waals surface area contributed by atoms with Crippen LogP contribution in [0, 0.1) is 0 Å². The zero-order valence-corrected chi connectivity index (χ0v) is 13.4. The van der Waals surface area contributed by atoms with Gasteiger partial charge < -0.3 is 14.8 Å². The molecule has 3 heterocycles. The summed E-state index contributed by atoms with van der Waals surface area (Å²) >= 11 is 0. The Morgan fingerprint density at radius 3 is 2.96 bits per heavy atom. The first kappa shape index (κ1) is 15.1. The summed E-state index contributed by atoms with van der Waals surface area (Å²) in [5.41, 5.74) is 1.98. The fourth-order valence-corrected chi connectivity index (χ4v) is 2.62. The lowest BCUT2D eigenvalue weighted by Gasteiger charge is -2.10. The van der Waals surface area contributed by atoms with Crippen LogP contribution in [0.15, 0.2) is 59.4 Å². The van der Waals surface area contributed by atoms with Crippen LogP contribution in [-0.2, 0) is 0 Å². The Hall–Kier alpha value is -3.48. The van der Waals surface area contributed by atoms with E-state index in [2.05, 4.69) is 25.4 Å². The predicted octanol–water partition coefficient (Wildman–Crippen LogP) is 3.10. The van der Waals surface area contributed by atoms with Crippen molar-refractivity contribution in [3.63, 3.8) is 0 Å². The van der Waals surface area contributed by atoms with Gasteiger partial charge in [-0.2, -0.15) is 4.98 Å². The average molecular weight is 333 g/mol. The number of hydrogen-bond donors (Lipinski definition) is 2. The monoisotopic (exact) mass is 333 g/mol. The molecule has 1 amide bonds. The summed E-state index contributed by atoms with van der Waals surface area (Å²) in [7, 11) is 0. The molecule has 3 aromatic heterocycles. The van der Waals surface area contributed by atoms with Gasteiger partial charge in [-0.1, -0.05) is 23.4 Å². The Morgan fingerprint density at radius 2 is 2.12 bits per heavy atom. The van der Waals surface area contributed by atoms with Gasteiger partial charge in [-0.05, 0) is 31.2 Å². The number of para-hydroxylation sites is 1. The number of rotatable bonds is 4. The standard InChI is InChI=1S/C18H15N5O2/c1-11(18-22-16(23-25-18)14-7-2-3-9-19-14)21-17(24)13-6-4-5-12-8-10-20-15(12)13/h2-11,20H,1H3,(H,21,24). The molecule has 4 rings (SSSR count). The lowest BCUT2D eigenvalue weighted by molar-refractivity contribution is 0.0934. The molecule has 0 radical (unpaired) electrons. The Bertz CT molecular complexity index is 1020. The highest BCUT2D eigenvalue weighted by Crippen LogP contribution is 2.19. The van der Waals surface area contributed by atoms with Gasteiger partial charge in [-0.3, -0.25) is 9.78 Å². The summed E-state index contributed by atoms with van der Waals surface area (Å²) in [5.74, 6) is 0.508. The molecule has 124 valence electrons. The van der Waals surface area contributed by atoms with Gasteiger partial charge in [0.2, 0.25) is 11.7 Å². The normalized spacial score (nSPS) is 12.2. The zero-order chi connectivity index (χ0) is 17.2. The summed E-state index contributed by atoms with van der Waals surface area (Å²) in [6, 6.07) is 12.5. The van der Waals surface area contributed by atoms with Crippen LogP contribution in [0.2, 0.25) is 0 Å². The Morgan fingerprint density at radius 1 is 1.20 bits per heavy atom. The third-order valence-electron chi connectivity index (χ3n) is 3.89. The second-order valence-corrected chi connectivity index (χ2v) is 5.61. The molecule has 0 bridgehead atoms. The van der Waals surface area contributed by atoms with Crippen molar-refractivity contribution in [1.29, 1.82) is 0 Å². The molecular weight excluding hydrogens is 318 g/mol. The summed E-state index contributed by atoms with van der Waals surface area (Å²) in [6.45, 7) is 1.79. The molecule has 0 spiro atoms. The van der Waals surface area contributed by atoms with E-state index in [1.165, 1.54) is 0 Å². The first-order valence-corrected chi connectivity index (χ1v) is 7.84. The number of hydrogen-bond acceptors (Lipinski definition) is 5. The molecule has 25 heavy (non-hydrogen) atoms. The van der Waals surface area contributed by atoms with Crippen molar-refractivity contribution in [2.75, 3.05) is 0 Å². The molecule has 0 aliphatic carbocycles. The van der Waals surface area contributed by atoms with E-state index in [4.69, 9.17) is 4.52 Å². The van der Waals surface area contributed by atoms with Crippen molar-refractivity contribution in [3.05, 3.63) is 66.3 Å². The number of amides is 1. The fourth-order valence-electron chi connectivity index (χ4n) is 2.62. The van der Waals surface area contributed by atoms with Gasteiger partial charge in [0.1, 0.15) is 11.7 Å². The number of benzene rings is 1. The maximum absolute atomic E-state index is 12.6. The van der Waals surface area contributed by atoms with E-state index in [1.54, 1.807) is 25.3 Å². The van der Waals surface area contributed by atoms with Crippen LogP contribution < -0.4 is 5.32 Å². The highest BCUT2D eigenvalue weighted by molar-refractivity contribution is 6.05. The molecule has 0 aliphatic heterocycles. The largest absolute Gasteiger partial charge is 0.361 e. The molecule has 1 unspecified atom stereocenters. The predicted molar refractivity (Wildman–Crippen MR) is 91.7 cm³/mol. The van der Waals surface area contributed by atoms with Crippen LogP contribution in [0.1, 0.15) is 29.2 Å². The minimum atomic E-state index is -0.428. The molecule has 0 saturated carbocycles. The van der Waals surface area contributed by atoms with E-state index < -0.39 is 6.04 Å². The zero-order valence-electron chi connectivity index (χ0n) is 13.4. The lowest BCUT2D eigenvalue weighted by atomic mass is 10.1. The maximum atomic E-state index is 12.6. The van der Waals surface area contributed by atoms with Crippen LogP contribution in [-0.4, -0.2) is 26.0 Å². The van der Waals surface area contributed by atoms with Crippen molar-refractivity contribution in [2.45, 2.75) is 13.0 Å². The fraction of sp³-hybridized carbons (Fsp3) is 0.111. The van der Waals surface area contributed by atoms with Crippen LogP contribution in [0.3, 0.4) is 0 Å². The summed E-state index contributed by atoms with van der Waals surface area (Å²) < 4.78 is 5.27. The van der Waals surface area contributed by atoms with Crippen LogP contribution >= 0.6 is 0 Å². The van der Waals surface area contributed by atoms with Crippen molar-refractivity contribution in [1.82, 2.24) is 25.4 Å². The first-order valence-electron chi connectivity index (χ1n) is 7.84. The number of pyridine rings is 1. The second-order valence-electron chi connectivity index (χ2n) is 5.61. The van der Waals surface area contributed by atoms with Gasteiger partial charge in [-0.15, -0.1) is 0 Å². The van der Waals surface area contributed by atoms with Crippen molar-refractivity contribution in [2.24, 2.45) is 0 Å². The van der Waals surface area contributed by atoms with Crippen LogP contribution in [0.4, 0.5) is 0 Å². The average Bonchev–Trinajstić information content (AvgIpc) is 3.31. The molecule has 0 aliphatic rings. The minimum absolute atomic E-state index is 0.210. The summed E-state index contributed by atoms with van der Waals surface area (Å²) in [6.07, 6.45) is 3.47. The van der Waals surface area contributed by atoms with Gasteiger partial charge in [0.15, 0.2) is 0 Å². The molecule has 1 atom stereocenters. The molecule has 2 N–H and O–H groups in total. The van der Waals surface area contributed by atoms with Gasteiger partial charge in [0.05, 0.1) is 11.1 Å². The smallest absolute Gasteiger partial charge is 0.254 e. The highest BCUT2D eigenvalue weighted by Gasteiger charge is 2.19. The van der Waals surface area contributed by atoms with Crippen molar-refractivity contribution in [3.8, 4) is 11.5 Å². The SMILES string of the molecule is CC(NC(=O)c1cccc2cc[nH]c12)c1nc(-c2ccccn2)no1. The Kier molecular flexibility index (Phi) is 3.74. The Labute approximate surface area is 143 Å². The van der Waals surface area contributed by atoms with E-state index in [-0.39, 0.29) is 5.91 Å². The van der Waals surface area contributed by atoms with Crippen LogP contribution in [0.5, 0.6) is 0 Å². The minimum Gasteiger partial charge on any atom is -0.361 e. The van der Waals surface area contributed by atoms with E-state index in [1.807, 2.05) is 36.5 Å². The molecule has 4 aromatic rings. The first-order chi connectivity index (χ1) is 12.2. The topological polar surface area (TPSA) is 96.7 Å². The number of carbonyl (C=O) groups is 1. The van der Waals surface area contributed by atoms with E-state index >= 15 is 0 Å². The quantitative estimate of drug-likeness (QED) is 0.598. The number of nitrogens with one attached hydrogen (secondary N) is 2. The third-order valence-corrected chi connectivity index (χ3v) is 3.89. The Balaban J connectivity index is 1.54. The lowest BCUT2D eigenvalue weighted by Crippen LogP contribution is -2.27. The van der Waals surface area contributed by atoms with Gasteiger partial charge in [0, 0.05) is 17.8 Å². The molecule has 1 aromatic carbocycles. The second kappa shape index (κ2) is 6.20. The van der Waals surface area contributed by atoms with Crippen molar-refractivity contribution < 1.29 is 9.32 Å². The molecular formula is C18H15N5O2. The number of carbonyl (C=O) groups excluding carboxylic acids is 1. The van der Waals surface area contributed by atoms with Gasteiger partial charge >= 0.3 is 0 Å². The molecule has 0 saturated heterocycles. The maximum Gasteiger partial charge on any atom is 0.254 e. The molecule has 7 heteroatoms. The number of nitrogens with zero attached hydrogens (tertiary/aromatic N) is 3. The summed E-state index contributed by atoms with van der Waals surface area (Å²) in [4.78, 5) is 24.2. The van der Waals surface area contributed by atoms with E-state index in [0.29, 0.717) is 23.0 Å².